The van der Waals surface area contributed by atoms with Gasteiger partial charge >= 0.3 is 5.97 Å². The van der Waals surface area contributed by atoms with Crippen molar-refractivity contribution >= 4 is 5.97 Å². The average molecular weight is 165 g/mol. The first-order valence-electron chi connectivity index (χ1n) is 4.11. The molecule has 2 aliphatic rings. The second kappa shape index (κ2) is 2.75. The fraction of sp³-hybridized carbons (Fsp3) is 0.444. The van der Waals surface area contributed by atoms with Gasteiger partial charge in [-0.1, -0.05) is 12.2 Å². The van der Waals surface area contributed by atoms with E-state index < -0.39 is 6.04 Å². The van der Waals surface area contributed by atoms with Crippen molar-refractivity contribution in [2.45, 2.75) is 18.9 Å². The summed E-state index contributed by atoms with van der Waals surface area (Å²) in [7, 11) is 0. The summed E-state index contributed by atoms with van der Waals surface area (Å²) in [5.41, 5.74) is 5.56. The van der Waals surface area contributed by atoms with Crippen LogP contribution in [0.15, 0.2) is 24.0 Å². The smallest absolute Gasteiger partial charge is 0.328 e. The van der Waals surface area contributed by atoms with Crippen LogP contribution in [0.2, 0.25) is 0 Å². The number of esters is 1. The lowest BCUT2D eigenvalue weighted by molar-refractivity contribution is -0.145. The van der Waals surface area contributed by atoms with E-state index in [1.54, 1.807) is 0 Å². The van der Waals surface area contributed by atoms with Crippen molar-refractivity contribution in [3.8, 4) is 0 Å². The Morgan fingerprint density at radius 1 is 1.58 bits per heavy atom. The van der Waals surface area contributed by atoms with E-state index in [-0.39, 0.29) is 5.97 Å². The molecule has 1 aliphatic carbocycles. The van der Waals surface area contributed by atoms with Crippen LogP contribution in [0, 0.1) is 5.92 Å². The molecule has 2 N–H and O–H groups in total. The van der Waals surface area contributed by atoms with E-state index in [2.05, 4.69) is 6.08 Å². The van der Waals surface area contributed by atoms with Crippen molar-refractivity contribution in [2.75, 3.05) is 0 Å². The molecule has 0 aromatic carbocycles. The monoisotopic (exact) mass is 165 g/mol. The quantitative estimate of drug-likeness (QED) is 0.538. The third-order valence-electron chi connectivity index (χ3n) is 2.28. The molecule has 1 aliphatic heterocycles. The minimum absolute atomic E-state index is 0.298. The van der Waals surface area contributed by atoms with Crippen molar-refractivity contribution in [3.63, 3.8) is 0 Å². The predicted octanol–water partition coefficient (Wildman–Crippen LogP) is 0.721. The molecule has 1 fully saturated rings. The van der Waals surface area contributed by atoms with Gasteiger partial charge < -0.3 is 10.5 Å². The molecule has 3 heteroatoms. The Labute approximate surface area is 70.9 Å². The first-order chi connectivity index (χ1) is 5.77. The van der Waals surface area contributed by atoms with Crippen LogP contribution in [0.3, 0.4) is 0 Å². The molecule has 0 radical (unpaired) electrons. The van der Waals surface area contributed by atoms with Gasteiger partial charge in [-0.3, -0.25) is 0 Å². The fourth-order valence-electron chi connectivity index (χ4n) is 1.58. The van der Waals surface area contributed by atoms with E-state index in [9.17, 15) is 4.79 Å². The Morgan fingerprint density at radius 2 is 2.42 bits per heavy atom. The lowest BCUT2D eigenvalue weighted by Crippen LogP contribution is -2.39. The maximum absolute atomic E-state index is 11.0. The number of fused-ring (bicyclic) bond motifs is 1. The third kappa shape index (κ3) is 1.16. The van der Waals surface area contributed by atoms with Gasteiger partial charge in [-0.15, -0.1) is 0 Å². The maximum Gasteiger partial charge on any atom is 0.328 e. The van der Waals surface area contributed by atoms with E-state index in [1.165, 1.54) is 0 Å². The molecule has 2 atom stereocenters. The summed E-state index contributed by atoms with van der Waals surface area (Å²) in [5.74, 6) is 0.805. The zero-order chi connectivity index (χ0) is 8.55. The normalized spacial score (nSPS) is 33.8. The standard InChI is InChI=1S/C9H11NO2/c10-7-5-6-3-1-2-4-8(6)12-9(7)11/h1-2,4,6-7H,3,5,10H2. The second-order valence-electron chi connectivity index (χ2n) is 3.19. The number of rotatable bonds is 0. The molecule has 1 saturated heterocycles. The van der Waals surface area contributed by atoms with Crippen LogP contribution in [0.4, 0.5) is 0 Å². The lowest BCUT2D eigenvalue weighted by atomic mass is 9.90. The Hall–Kier alpha value is -1.09. The lowest BCUT2D eigenvalue weighted by Gasteiger charge is -2.28. The van der Waals surface area contributed by atoms with E-state index in [0.717, 1.165) is 18.6 Å². The highest BCUT2D eigenvalue weighted by molar-refractivity contribution is 5.77. The SMILES string of the molecule is NC1CC2CC=CC=C2OC1=O. The summed E-state index contributed by atoms with van der Waals surface area (Å²) in [4.78, 5) is 11.0. The Bertz CT molecular complexity index is 268. The largest absolute Gasteiger partial charge is 0.430 e. The number of nitrogens with two attached hydrogens (primary N) is 1. The van der Waals surface area contributed by atoms with Gasteiger partial charge in [-0.2, -0.15) is 0 Å². The first kappa shape index (κ1) is 7.55. The van der Waals surface area contributed by atoms with Gasteiger partial charge in [0.15, 0.2) is 0 Å². The van der Waals surface area contributed by atoms with E-state index in [1.807, 2.05) is 12.2 Å². The first-order valence-corrected chi connectivity index (χ1v) is 4.11. The molecule has 0 aromatic heterocycles. The molecule has 12 heavy (non-hydrogen) atoms. The van der Waals surface area contributed by atoms with Gasteiger partial charge in [-0.05, 0) is 18.9 Å². The summed E-state index contributed by atoms with van der Waals surface area (Å²) >= 11 is 0. The molecule has 0 amide bonds. The molecule has 3 nitrogen and oxygen atoms in total. The summed E-state index contributed by atoms with van der Waals surface area (Å²) in [5, 5.41) is 0. The van der Waals surface area contributed by atoms with Crippen LogP contribution in [0.5, 0.6) is 0 Å². The van der Waals surface area contributed by atoms with Gasteiger partial charge in [0.2, 0.25) is 0 Å². The van der Waals surface area contributed by atoms with E-state index in [4.69, 9.17) is 10.5 Å². The molecule has 2 unspecified atom stereocenters. The molecule has 0 aromatic rings. The summed E-state index contributed by atoms with van der Waals surface area (Å²) in [6, 6.07) is -0.432. The fourth-order valence-corrected chi connectivity index (χ4v) is 1.58. The second-order valence-corrected chi connectivity index (χ2v) is 3.19. The number of carbonyl (C=O) groups excluding carboxylic acids is 1. The molecular weight excluding hydrogens is 154 g/mol. The van der Waals surface area contributed by atoms with Crippen LogP contribution in [-0.4, -0.2) is 12.0 Å². The van der Waals surface area contributed by atoms with Gasteiger partial charge in [0.05, 0.1) is 0 Å². The average Bonchev–Trinajstić information content (AvgIpc) is 2.07. The van der Waals surface area contributed by atoms with Crippen LogP contribution < -0.4 is 5.73 Å². The third-order valence-corrected chi connectivity index (χ3v) is 2.28. The molecule has 0 spiro atoms. The van der Waals surface area contributed by atoms with Crippen molar-refractivity contribution in [2.24, 2.45) is 11.7 Å². The molecular formula is C9H11NO2. The highest BCUT2D eigenvalue weighted by atomic mass is 16.5. The topological polar surface area (TPSA) is 52.3 Å². The highest BCUT2D eigenvalue weighted by Gasteiger charge is 2.31. The number of hydrogen-bond donors (Lipinski definition) is 1. The van der Waals surface area contributed by atoms with Crippen molar-refractivity contribution in [1.82, 2.24) is 0 Å². The number of ether oxygens (including phenoxy) is 1. The van der Waals surface area contributed by atoms with Crippen molar-refractivity contribution in [1.29, 1.82) is 0 Å². The summed E-state index contributed by atoms with van der Waals surface area (Å²) in [6.07, 6.45) is 7.48. The van der Waals surface area contributed by atoms with Crippen LogP contribution >= 0.6 is 0 Å². The minimum atomic E-state index is -0.432. The zero-order valence-electron chi connectivity index (χ0n) is 6.69. The summed E-state index contributed by atoms with van der Waals surface area (Å²) < 4.78 is 5.05. The summed E-state index contributed by atoms with van der Waals surface area (Å²) in [6.45, 7) is 0. The van der Waals surface area contributed by atoms with Gasteiger partial charge in [0.25, 0.3) is 0 Å². The molecule has 0 bridgehead atoms. The minimum Gasteiger partial charge on any atom is -0.430 e. The van der Waals surface area contributed by atoms with Gasteiger partial charge in [0, 0.05) is 5.92 Å². The van der Waals surface area contributed by atoms with Crippen LogP contribution in [0.1, 0.15) is 12.8 Å². The van der Waals surface area contributed by atoms with Crippen LogP contribution in [-0.2, 0) is 9.53 Å². The molecule has 2 rings (SSSR count). The van der Waals surface area contributed by atoms with Crippen molar-refractivity contribution in [3.05, 3.63) is 24.0 Å². The number of allylic oxidation sites excluding steroid dienone is 4. The zero-order valence-corrected chi connectivity index (χ0v) is 6.69. The van der Waals surface area contributed by atoms with Crippen LogP contribution in [0.25, 0.3) is 0 Å². The maximum atomic E-state index is 11.0. The number of hydrogen-bond acceptors (Lipinski definition) is 3. The Balaban J connectivity index is 2.19. The predicted molar refractivity (Wildman–Crippen MR) is 44.0 cm³/mol. The molecule has 1 heterocycles. The number of carbonyl (C=O) groups is 1. The molecule has 0 saturated carbocycles. The van der Waals surface area contributed by atoms with Gasteiger partial charge in [-0.25, -0.2) is 4.79 Å². The van der Waals surface area contributed by atoms with E-state index >= 15 is 0 Å². The van der Waals surface area contributed by atoms with Gasteiger partial charge in [0.1, 0.15) is 11.8 Å². The van der Waals surface area contributed by atoms with Crippen molar-refractivity contribution < 1.29 is 9.53 Å². The molecule has 64 valence electrons. The Morgan fingerprint density at radius 3 is 3.25 bits per heavy atom. The van der Waals surface area contributed by atoms with E-state index in [0.29, 0.717) is 5.92 Å². The highest BCUT2D eigenvalue weighted by Crippen LogP contribution is 2.30. The Kier molecular flexibility index (Phi) is 1.73.